The fourth-order valence-electron chi connectivity index (χ4n) is 1.32. The molecule has 0 bridgehead atoms. The fourth-order valence-corrected chi connectivity index (χ4v) is 1.32. The average molecular weight is 240 g/mol. The summed E-state index contributed by atoms with van der Waals surface area (Å²) in [7, 11) is 1.49. The molecular weight excluding hydrogens is 224 g/mol. The summed E-state index contributed by atoms with van der Waals surface area (Å²) in [4.78, 5) is 22.3. The molecule has 0 unspecified atom stereocenters. The predicted molar refractivity (Wildman–Crippen MR) is 61.2 cm³/mol. The van der Waals surface area contributed by atoms with Crippen LogP contribution in [-0.4, -0.2) is 22.8 Å². The molecule has 0 atom stereocenters. The molecule has 0 radical (unpaired) electrons. The van der Waals surface area contributed by atoms with Crippen molar-refractivity contribution in [2.75, 3.05) is 7.11 Å². The van der Waals surface area contributed by atoms with Gasteiger partial charge in [0.25, 0.3) is 5.56 Å². The number of nitrogens with zero attached hydrogens (tertiary/aromatic N) is 2. The molecule has 0 spiro atoms. The summed E-state index contributed by atoms with van der Waals surface area (Å²) >= 11 is 0. The van der Waals surface area contributed by atoms with Crippen LogP contribution in [0.4, 0.5) is 0 Å². The van der Waals surface area contributed by atoms with Gasteiger partial charge in [0.05, 0.1) is 7.11 Å². The van der Waals surface area contributed by atoms with Crippen molar-refractivity contribution in [3.05, 3.63) is 22.5 Å². The number of hydrogen-bond donors (Lipinski definition) is 2. The van der Waals surface area contributed by atoms with Crippen molar-refractivity contribution in [2.24, 2.45) is 5.84 Å². The Morgan fingerprint density at radius 3 is 2.94 bits per heavy atom. The number of aromatic nitrogens is 2. The van der Waals surface area contributed by atoms with Crippen molar-refractivity contribution < 1.29 is 9.53 Å². The molecule has 0 aliphatic carbocycles. The number of unbranched alkanes of at least 4 members (excludes halogenated alkanes) is 1. The van der Waals surface area contributed by atoms with Crippen molar-refractivity contribution in [3.8, 4) is 5.88 Å². The third-order valence-electron chi connectivity index (χ3n) is 2.24. The van der Waals surface area contributed by atoms with E-state index in [0.717, 1.165) is 0 Å². The molecule has 1 aromatic heterocycles. The molecule has 94 valence electrons. The zero-order chi connectivity index (χ0) is 12.7. The van der Waals surface area contributed by atoms with E-state index >= 15 is 0 Å². The van der Waals surface area contributed by atoms with Crippen LogP contribution in [0.15, 0.2) is 16.9 Å². The molecule has 0 fully saturated rings. The highest BCUT2D eigenvalue weighted by atomic mass is 16.5. The number of carbonyl (C=O) groups is 1. The second-order valence-corrected chi connectivity index (χ2v) is 3.46. The Labute approximate surface area is 98.5 Å². The van der Waals surface area contributed by atoms with Gasteiger partial charge in [0.2, 0.25) is 11.8 Å². The lowest BCUT2D eigenvalue weighted by Gasteiger charge is -2.05. The number of hydrazine groups is 1. The molecule has 0 saturated heterocycles. The van der Waals surface area contributed by atoms with Crippen molar-refractivity contribution in [2.45, 2.75) is 25.8 Å². The van der Waals surface area contributed by atoms with Crippen LogP contribution in [0.1, 0.15) is 19.3 Å². The summed E-state index contributed by atoms with van der Waals surface area (Å²) in [5.74, 6) is 5.12. The number of carbonyl (C=O) groups excluding carboxylic acids is 1. The van der Waals surface area contributed by atoms with Crippen LogP contribution in [0.2, 0.25) is 0 Å². The van der Waals surface area contributed by atoms with Gasteiger partial charge in [-0.05, 0) is 12.8 Å². The van der Waals surface area contributed by atoms with Gasteiger partial charge >= 0.3 is 0 Å². The first-order chi connectivity index (χ1) is 8.17. The topological polar surface area (TPSA) is 99.2 Å². The fraction of sp³-hybridized carbons (Fsp3) is 0.500. The number of amides is 1. The standard InChI is InChI=1S/C10H16N4O3/c1-17-9-5-6-10(16)14(13-9)7-3-2-4-8(15)12-11/h5-6H,2-4,7,11H2,1H3,(H,12,15). The smallest absolute Gasteiger partial charge is 0.266 e. The highest BCUT2D eigenvalue weighted by Gasteiger charge is 2.02. The molecule has 1 rings (SSSR count). The van der Waals surface area contributed by atoms with Gasteiger partial charge in [0.15, 0.2) is 0 Å². The summed E-state index contributed by atoms with van der Waals surface area (Å²) in [6.07, 6.45) is 1.66. The van der Waals surface area contributed by atoms with Crippen molar-refractivity contribution >= 4 is 5.91 Å². The maximum atomic E-state index is 11.4. The van der Waals surface area contributed by atoms with E-state index in [4.69, 9.17) is 10.6 Å². The molecule has 1 amide bonds. The highest BCUT2D eigenvalue weighted by Crippen LogP contribution is 2.01. The number of hydrogen-bond acceptors (Lipinski definition) is 5. The van der Waals surface area contributed by atoms with E-state index in [1.54, 1.807) is 0 Å². The number of ether oxygens (including phenoxy) is 1. The van der Waals surface area contributed by atoms with E-state index in [-0.39, 0.29) is 11.5 Å². The minimum absolute atomic E-state index is 0.186. The lowest BCUT2D eigenvalue weighted by molar-refractivity contribution is -0.121. The molecule has 3 N–H and O–H groups in total. The van der Waals surface area contributed by atoms with Gasteiger partial charge in [-0.2, -0.15) is 0 Å². The third-order valence-corrected chi connectivity index (χ3v) is 2.24. The van der Waals surface area contributed by atoms with Crippen molar-refractivity contribution in [1.29, 1.82) is 0 Å². The molecular formula is C10H16N4O3. The van der Waals surface area contributed by atoms with E-state index in [9.17, 15) is 9.59 Å². The lowest BCUT2D eigenvalue weighted by atomic mass is 10.2. The Hall–Kier alpha value is -1.89. The molecule has 7 heteroatoms. The second kappa shape index (κ2) is 6.64. The predicted octanol–water partition coefficient (Wildman–Crippen LogP) is -0.588. The number of aryl methyl sites for hydroxylation is 1. The average Bonchev–Trinajstić information content (AvgIpc) is 2.36. The van der Waals surface area contributed by atoms with Gasteiger partial charge in [-0.1, -0.05) is 0 Å². The molecule has 0 saturated carbocycles. The summed E-state index contributed by atoms with van der Waals surface area (Å²) in [6, 6.07) is 2.92. The van der Waals surface area contributed by atoms with Crippen LogP contribution >= 0.6 is 0 Å². The zero-order valence-corrected chi connectivity index (χ0v) is 9.68. The molecule has 7 nitrogen and oxygen atoms in total. The van der Waals surface area contributed by atoms with E-state index < -0.39 is 0 Å². The first-order valence-electron chi connectivity index (χ1n) is 5.29. The summed E-state index contributed by atoms with van der Waals surface area (Å²) < 4.78 is 6.24. The molecule has 0 aliphatic heterocycles. The van der Waals surface area contributed by atoms with Gasteiger partial charge in [-0.3, -0.25) is 15.0 Å². The van der Waals surface area contributed by atoms with E-state index in [0.29, 0.717) is 31.7 Å². The number of nitrogens with one attached hydrogen (secondary N) is 1. The van der Waals surface area contributed by atoms with Crippen LogP contribution in [0.25, 0.3) is 0 Å². The van der Waals surface area contributed by atoms with E-state index in [1.807, 2.05) is 0 Å². The maximum absolute atomic E-state index is 11.4. The Bertz CT molecular complexity index is 430. The van der Waals surface area contributed by atoms with Gasteiger partial charge in [-0.25, -0.2) is 10.5 Å². The molecule has 0 aliphatic rings. The van der Waals surface area contributed by atoms with Crippen LogP contribution in [-0.2, 0) is 11.3 Å². The van der Waals surface area contributed by atoms with Gasteiger partial charge in [-0.15, -0.1) is 5.10 Å². The summed E-state index contributed by atoms with van der Waals surface area (Å²) in [6.45, 7) is 0.452. The molecule has 17 heavy (non-hydrogen) atoms. The number of rotatable bonds is 6. The Balaban J connectivity index is 2.46. The normalized spacial score (nSPS) is 10.0. The lowest BCUT2D eigenvalue weighted by Crippen LogP contribution is -2.29. The first-order valence-corrected chi connectivity index (χ1v) is 5.29. The molecule has 1 heterocycles. The summed E-state index contributed by atoms with van der Waals surface area (Å²) in [5, 5.41) is 3.98. The van der Waals surface area contributed by atoms with Crippen LogP contribution < -0.4 is 21.6 Å². The van der Waals surface area contributed by atoms with E-state index in [1.165, 1.54) is 23.9 Å². The zero-order valence-electron chi connectivity index (χ0n) is 9.68. The van der Waals surface area contributed by atoms with Crippen LogP contribution in [0, 0.1) is 0 Å². The maximum Gasteiger partial charge on any atom is 0.266 e. The minimum Gasteiger partial charge on any atom is -0.480 e. The third kappa shape index (κ3) is 4.23. The van der Waals surface area contributed by atoms with Gasteiger partial charge < -0.3 is 4.74 Å². The Kier molecular flexibility index (Phi) is 5.15. The van der Waals surface area contributed by atoms with Crippen LogP contribution in [0.3, 0.4) is 0 Å². The quantitative estimate of drug-likeness (QED) is 0.300. The Morgan fingerprint density at radius 2 is 2.29 bits per heavy atom. The largest absolute Gasteiger partial charge is 0.480 e. The highest BCUT2D eigenvalue weighted by molar-refractivity contribution is 5.74. The van der Waals surface area contributed by atoms with Gasteiger partial charge in [0, 0.05) is 25.1 Å². The van der Waals surface area contributed by atoms with E-state index in [2.05, 4.69) is 10.5 Å². The van der Waals surface area contributed by atoms with Crippen molar-refractivity contribution in [3.63, 3.8) is 0 Å². The number of methoxy groups -OCH3 is 1. The molecule has 1 aromatic rings. The first kappa shape index (κ1) is 13.2. The monoisotopic (exact) mass is 240 g/mol. The minimum atomic E-state index is -0.212. The summed E-state index contributed by atoms with van der Waals surface area (Å²) in [5.41, 5.74) is 1.86. The van der Waals surface area contributed by atoms with Crippen molar-refractivity contribution in [1.82, 2.24) is 15.2 Å². The SMILES string of the molecule is COc1ccc(=O)n(CCCCC(=O)NN)n1. The number of nitrogens with two attached hydrogens (primary N) is 1. The Morgan fingerprint density at radius 1 is 1.53 bits per heavy atom. The molecule has 0 aromatic carbocycles. The van der Waals surface area contributed by atoms with Gasteiger partial charge in [0.1, 0.15) is 0 Å². The second-order valence-electron chi connectivity index (χ2n) is 3.46. The van der Waals surface area contributed by atoms with Crippen LogP contribution in [0.5, 0.6) is 5.88 Å².